The number of Topliss-reactive ketones (excluding diaryl/α,β-unsaturated/α-hetero) is 2. The number of carbonyl (C=O) groups is 2. The molecule has 17 heavy (non-hydrogen) atoms. The number of hydrogen-bond donors (Lipinski definition) is 1. The Balaban J connectivity index is 2.38. The van der Waals surface area contributed by atoms with Crippen LogP contribution in [-0.4, -0.2) is 22.3 Å². The van der Waals surface area contributed by atoms with Crippen LogP contribution in [0.3, 0.4) is 0 Å². The lowest BCUT2D eigenvalue weighted by Gasteiger charge is -2.34. The first-order valence-electron chi connectivity index (χ1n) is 6.55. The zero-order valence-corrected chi connectivity index (χ0v) is 11.2. The molecule has 3 heteroatoms. The molecule has 0 bridgehead atoms. The van der Waals surface area contributed by atoms with Crippen LogP contribution in [0.4, 0.5) is 0 Å². The van der Waals surface area contributed by atoms with Crippen LogP contribution in [0.25, 0.3) is 0 Å². The molecule has 1 rings (SSSR count). The Hall–Kier alpha value is -0.700. The fourth-order valence-corrected chi connectivity index (χ4v) is 2.58. The summed E-state index contributed by atoms with van der Waals surface area (Å²) >= 11 is 0. The van der Waals surface area contributed by atoms with Gasteiger partial charge in [-0.2, -0.15) is 0 Å². The van der Waals surface area contributed by atoms with Crippen LogP contribution in [0.15, 0.2) is 0 Å². The fraction of sp³-hybridized carbons (Fsp3) is 0.857. The highest BCUT2D eigenvalue weighted by molar-refractivity contribution is 5.82. The Morgan fingerprint density at radius 2 is 2.06 bits per heavy atom. The minimum Gasteiger partial charge on any atom is -0.390 e. The summed E-state index contributed by atoms with van der Waals surface area (Å²) < 4.78 is 0. The van der Waals surface area contributed by atoms with Crippen molar-refractivity contribution >= 4 is 11.6 Å². The van der Waals surface area contributed by atoms with Crippen molar-refractivity contribution in [2.75, 3.05) is 0 Å². The lowest BCUT2D eigenvalue weighted by molar-refractivity contribution is -0.130. The maximum absolute atomic E-state index is 11.9. The van der Waals surface area contributed by atoms with Crippen LogP contribution in [0, 0.1) is 11.8 Å². The third-order valence-electron chi connectivity index (χ3n) is 3.85. The van der Waals surface area contributed by atoms with E-state index in [-0.39, 0.29) is 23.4 Å². The van der Waals surface area contributed by atoms with Gasteiger partial charge in [-0.15, -0.1) is 0 Å². The maximum Gasteiger partial charge on any atom is 0.136 e. The molecule has 0 aromatic carbocycles. The quantitative estimate of drug-likeness (QED) is 0.803. The van der Waals surface area contributed by atoms with Gasteiger partial charge in [-0.05, 0) is 52.4 Å². The van der Waals surface area contributed by atoms with Crippen LogP contribution in [0.2, 0.25) is 0 Å². The van der Waals surface area contributed by atoms with Gasteiger partial charge < -0.3 is 9.90 Å². The fourth-order valence-electron chi connectivity index (χ4n) is 2.58. The molecule has 0 amide bonds. The molecule has 2 atom stereocenters. The average molecular weight is 240 g/mol. The molecule has 0 aromatic heterocycles. The molecule has 98 valence electrons. The molecule has 1 saturated carbocycles. The SMILES string of the molecule is CC(=O)CCC[C@@H]1CC[C@@H](C(C)(C)O)CC1=O. The van der Waals surface area contributed by atoms with Crippen LogP contribution >= 0.6 is 0 Å². The van der Waals surface area contributed by atoms with Gasteiger partial charge in [0.25, 0.3) is 0 Å². The minimum absolute atomic E-state index is 0.0963. The first-order chi connectivity index (χ1) is 7.80. The second-order valence-electron chi connectivity index (χ2n) is 5.89. The molecule has 0 heterocycles. The Morgan fingerprint density at radius 1 is 1.41 bits per heavy atom. The molecule has 0 aromatic rings. The van der Waals surface area contributed by atoms with Gasteiger partial charge in [0.2, 0.25) is 0 Å². The predicted molar refractivity (Wildman–Crippen MR) is 66.7 cm³/mol. The molecule has 0 radical (unpaired) electrons. The van der Waals surface area contributed by atoms with Crippen LogP contribution < -0.4 is 0 Å². The zero-order valence-electron chi connectivity index (χ0n) is 11.2. The molecular formula is C14H24O3. The Kier molecular flexibility index (Phi) is 4.87. The van der Waals surface area contributed by atoms with E-state index < -0.39 is 5.60 Å². The molecular weight excluding hydrogens is 216 g/mol. The highest BCUT2D eigenvalue weighted by Crippen LogP contribution is 2.35. The van der Waals surface area contributed by atoms with Crippen LogP contribution in [0.5, 0.6) is 0 Å². The predicted octanol–water partition coefficient (Wildman–Crippen LogP) is 2.50. The largest absolute Gasteiger partial charge is 0.390 e. The van der Waals surface area contributed by atoms with Crippen molar-refractivity contribution in [3.63, 3.8) is 0 Å². The molecule has 0 spiro atoms. The van der Waals surface area contributed by atoms with Crippen molar-refractivity contribution in [3.05, 3.63) is 0 Å². The lowest BCUT2D eigenvalue weighted by atomic mass is 9.73. The van der Waals surface area contributed by atoms with E-state index in [0.717, 1.165) is 25.7 Å². The number of rotatable bonds is 5. The highest BCUT2D eigenvalue weighted by atomic mass is 16.3. The van der Waals surface area contributed by atoms with Crippen molar-refractivity contribution in [2.45, 2.75) is 64.9 Å². The second kappa shape index (κ2) is 5.76. The summed E-state index contributed by atoms with van der Waals surface area (Å²) in [6.45, 7) is 5.15. The van der Waals surface area contributed by atoms with Gasteiger partial charge in [0, 0.05) is 18.8 Å². The Morgan fingerprint density at radius 3 is 2.53 bits per heavy atom. The summed E-state index contributed by atoms with van der Waals surface area (Å²) in [5.74, 6) is 0.682. The van der Waals surface area contributed by atoms with E-state index in [2.05, 4.69) is 0 Å². The van der Waals surface area contributed by atoms with Gasteiger partial charge in [0.15, 0.2) is 0 Å². The van der Waals surface area contributed by atoms with Crippen LogP contribution in [0.1, 0.15) is 59.3 Å². The van der Waals surface area contributed by atoms with E-state index in [1.54, 1.807) is 20.8 Å². The van der Waals surface area contributed by atoms with Gasteiger partial charge in [0.05, 0.1) is 5.60 Å². The lowest BCUT2D eigenvalue weighted by Crippen LogP contribution is -2.37. The molecule has 1 N–H and O–H groups in total. The summed E-state index contributed by atoms with van der Waals surface area (Å²) in [4.78, 5) is 22.8. The first-order valence-corrected chi connectivity index (χ1v) is 6.55. The Bertz CT molecular complexity index is 288. The third-order valence-corrected chi connectivity index (χ3v) is 3.85. The number of hydrogen-bond acceptors (Lipinski definition) is 3. The monoisotopic (exact) mass is 240 g/mol. The number of aliphatic hydroxyl groups is 1. The first kappa shape index (κ1) is 14.4. The molecule has 1 fully saturated rings. The van der Waals surface area contributed by atoms with Gasteiger partial charge in [-0.3, -0.25) is 4.79 Å². The average Bonchev–Trinajstić information content (AvgIpc) is 2.18. The van der Waals surface area contributed by atoms with Crippen molar-refractivity contribution < 1.29 is 14.7 Å². The standard InChI is InChI=1S/C14H24O3/c1-10(15)5-4-6-11-7-8-12(9-13(11)16)14(2,3)17/h11-12,17H,4-9H2,1-3H3/t11-,12-/m1/s1. The smallest absolute Gasteiger partial charge is 0.136 e. The van der Waals surface area contributed by atoms with E-state index in [1.807, 2.05) is 0 Å². The van der Waals surface area contributed by atoms with E-state index in [0.29, 0.717) is 12.8 Å². The van der Waals surface area contributed by atoms with Crippen molar-refractivity contribution in [3.8, 4) is 0 Å². The summed E-state index contributed by atoms with van der Waals surface area (Å²) in [5, 5.41) is 9.90. The molecule has 0 unspecified atom stereocenters. The van der Waals surface area contributed by atoms with Gasteiger partial charge in [-0.25, -0.2) is 0 Å². The van der Waals surface area contributed by atoms with E-state index in [4.69, 9.17) is 0 Å². The maximum atomic E-state index is 11.9. The summed E-state index contributed by atoms with van der Waals surface area (Å²) in [6.07, 6.45) is 4.51. The third kappa shape index (κ3) is 4.58. The van der Waals surface area contributed by atoms with Gasteiger partial charge >= 0.3 is 0 Å². The molecule has 1 aliphatic carbocycles. The van der Waals surface area contributed by atoms with Gasteiger partial charge in [-0.1, -0.05) is 0 Å². The molecule has 0 saturated heterocycles. The van der Waals surface area contributed by atoms with Crippen molar-refractivity contribution in [1.82, 2.24) is 0 Å². The summed E-state index contributed by atoms with van der Waals surface area (Å²) in [7, 11) is 0. The molecule has 3 nitrogen and oxygen atoms in total. The normalized spacial score (nSPS) is 26.0. The number of carbonyl (C=O) groups excluding carboxylic acids is 2. The van der Waals surface area contributed by atoms with E-state index in [1.165, 1.54) is 0 Å². The van der Waals surface area contributed by atoms with Crippen molar-refractivity contribution in [1.29, 1.82) is 0 Å². The van der Waals surface area contributed by atoms with Crippen LogP contribution in [-0.2, 0) is 9.59 Å². The molecule has 0 aliphatic heterocycles. The zero-order chi connectivity index (χ0) is 13.1. The second-order valence-corrected chi connectivity index (χ2v) is 5.89. The summed E-state index contributed by atoms with van der Waals surface area (Å²) in [5.41, 5.74) is -0.750. The summed E-state index contributed by atoms with van der Waals surface area (Å²) in [6, 6.07) is 0. The Labute approximate surface area is 104 Å². The van der Waals surface area contributed by atoms with Gasteiger partial charge in [0.1, 0.15) is 11.6 Å². The van der Waals surface area contributed by atoms with Crippen molar-refractivity contribution in [2.24, 2.45) is 11.8 Å². The highest BCUT2D eigenvalue weighted by Gasteiger charge is 2.35. The van der Waals surface area contributed by atoms with E-state index in [9.17, 15) is 14.7 Å². The minimum atomic E-state index is -0.750. The molecule has 1 aliphatic rings. The number of ketones is 2. The van der Waals surface area contributed by atoms with E-state index >= 15 is 0 Å². The topological polar surface area (TPSA) is 54.4 Å².